The molecule has 0 bridgehead atoms. The van der Waals surface area contributed by atoms with E-state index in [2.05, 4.69) is 15.5 Å². The lowest BCUT2D eigenvalue weighted by molar-refractivity contribution is -0.143. The Labute approximate surface area is 146 Å². The number of H-pyrrole nitrogens is 1. The molecule has 2 rings (SSSR count). The van der Waals surface area contributed by atoms with Gasteiger partial charge in [0.25, 0.3) is 0 Å². The van der Waals surface area contributed by atoms with Crippen molar-refractivity contribution >= 4 is 12.1 Å². The predicted octanol–water partition coefficient (Wildman–Crippen LogP) is 2.69. The molecule has 0 fully saturated rings. The van der Waals surface area contributed by atoms with Gasteiger partial charge in [-0.2, -0.15) is 5.10 Å². The van der Waals surface area contributed by atoms with E-state index in [0.29, 0.717) is 0 Å². The standard InChI is InChI=1S/C18H23N3O4/c1-18(2,3)25-17(23)20-15(16(22)24-4)11-12-6-5-7-13(10-12)14-8-9-19-21-14/h5-10,15H,11H2,1-4H3,(H,19,21)(H,20,23). The molecule has 0 spiro atoms. The molecule has 1 aromatic carbocycles. The first-order valence-electron chi connectivity index (χ1n) is 7.95. The molecule has 0 saturated carbocycles. The second kappa shape index (κ2) is 7.83. The van der Waals surface area contributed by atoms with Crippen LogP contribution in [0.4, 0.5) is 4.79 Å². The minimum Gasteiger partial charge on any atom is -0.467 e. The number of hydrogen-bond donors (Lipinski definition) is 2. The van der Waals surface area contributed by atoms with E-state index in [9.17, 15) is 9.59 Å². The molecular formula is C18H23N3O4. The number of aromatic amines is 1. The molecule has 7 heteroatoms. The van der Waals surface area contributed by atoms with Crippen molar-refractivity contribution in [2.45, 2.75) is 38.8 Å². The lowest BCUT2D eigenvalue weighted by Gasteiger charge is -2.22. The summed E-state index contributed by atoms with van der Waals surface area (Å²) in [6.45, 7) is 5.27. The number of methoxy groups -OCH3 is 1. The number of ether oxygens (including phenoxy) is 2. The summed E-state index contributed by atoms with van der Waals surface area (Å²) in [5.74, 6) is -0.531. The summed E-state index contributed by atoms with van der Waals surface area (Å²) in [5, 5.41) is 9.48. The Hall–Kier alpha value is -2.83. The maximum absolute atomic E-state index is 12.0. The number of carbonyl (C=O) groups is 2. The highest BCUT2D eigenvalue weighted by atomic mass is 16.6. The molecule has 2 N–H and O–H groups in total. The lowest BCUT2D eigenvalue weighted by Crippen LogP contribution is -2.45. The van der Waals surface area contributed by atoms with Crippen molar-refractivity contribution in [1.82, 2.24) is 15.5 Å². The smallest absolute Gasteiger partial charge is 0.408 e. The maximum Gasteiger partial charge on any atom is 0.408 e. The Kier molecular flexibility index (Phi) is 5.80. The topological polar surface area (TPSA) is 93.3 Å². The van der Waals surface area contributed by atoms with Crippen molar-refractivity contribution in [3.8, 4) is 11.3 Å². The summed E-state index contributed by atoms with van der Waals surface area (Å²) >= 11 is 0. The van der Waals surface area contributed by atoms with Gasteiger partial charge in [-0.1, -0.05) is 18.2 Å². The molecule has 7 nitrogen and oxygen atoms in total. The Balaban J connectivity index is 2.13. The summed E-state index contributed by atoms with van der Waals surface area (Å²) in [6, 6.07) is 8.62. The predicted molar refractivity (Wildman–Crippen MR) is 92.9 cm³/mol. The summed E-state index contributed by atoms with van der Waals surface area (Å²) in [6.07, 6.45) is 1.36. The fourth-order valence-corrected chi connectivity index (χ4v) is 2.30. The van der Waals surface area contributed by atoms with Gasteiger partial charge < -0.3 is 14.8 Å². The van der Waals surface area contributed by atoms with Crippen molar-refractivity contribution in [2.75, 3.05) is 7.11 Å². The van der Waals surface area contributed by atoms with Crippen LogP contribution in [0.2, 0.25) is 0 Å². The van der Waals surface area contributed by atoms with Gasteiger partial charge in [-0.05, 0) is 38.5 Å². The highest BCUT2D eigenvalue weighted by molar-refractivity contribution is 5.81. The fraction of sp³-hybridized carbons (Fsp3) is 0.389. The summed E-state index contributed by atoms with van der Waals surface area (Å²) in [7, 11) is 1.28. The number of carbonyl (C=O) groups excluding carboxylic acids is 2. The second-order valence-corrected chi connectivity index (χ2v) is 6.59. The Morgan fingerprint density at radius 2 is 2.04 bits per heavy atom. The Morgan fingerprint density at radius 1 is 1.28 bits per heavy atom. The first kappa shape index (κ1) is 18.5. The van der Waals surface area contributed by atoms with Crippen LogP contribution in [-0.4, -0.2) is 41.0 Å². The Morgan fingerprint density at radius 3 is 2.64 bits per heavy atom. The van der Waals surface area contributed by atoms with Crippen molar-refractivity contribution in [2.24, 2.45) is 0 Å². The van der Waals surface area contributed by atoms with Crippen LogP contribution in [0.5, 0.6) is 0 Å². The van der Waals surface area contributed by atoms with Gasteiger partial charge in [0, 0.05) is 18.2 Å². The highest BCUT2D eigenvalue weighted by Gasteiger charge is 2.25. The number of rotatable bonds is 5. The van der Waals surface area contributed by atoms with E-state index in [1.807, 2.05) is 30.3 Å². The summed E-state index contributed by atoms with van der Waals surface area (Å²) in [5.41, 5.74) is 1.94. The van der Waals surface area contributed by atoms with Crippen molar-refractivity contribution < 1.29 is 19.1 Å². The summed E-state index contributed by atoms with van der Waals surface area (Å²) < 4.78 is 10.0. The van der Waals surface area contributed by atoms with Crippen LogP contribution in [0.15, 0.2) is 36.5 Å². The van der Waals surface area contributed by atoms with Crippen LogP contribution in [0.25, 0.3) is 11.3 Å². The van der Waals surface area contributed by atoms with Gasteiger partial charge in [-0.25, -0.2) is 9.59 Å². The third-order valence-electron chi connectivity index (χ3n) is 3.34. The minimum absolute atomic E-state index is 0.282. The number of nitrogens with one attached hydrogen (secondary N) is 2. The van der Waals surface area contributed by atoms with E-state index in [0.717, 1.165) is 16.8 Å². The molecule has 134 valence electrons. The van der Waals surface area contributed by atoms with E-state index < -0.39 is 23.7 Å². The SMILES string of the molecule is COC(=O)C(Cc1cccc(-c2cc[nH]n2)c1)NC(=O)OC(C)(C)C. The number of hydrogen-bond acceptors (Lipinski definition) is 5. The Bertz CT molecular complexity index is 720. The zero-order valence-electron chi connectivity index (χ0n) is 14.8. The van der Waals surface area contributed by atoms with E-state index in [4.69, 9.17) is 9.47 Å². The van der Waals surface area contributed by atoms with Gasteiger partial charge in [-0.3, -0.25) is 5.10 Å². The molecule has 1 amide bonds. The molecule has 0 aliphatic rings. The molecule has 2 aromatic rings. The van der Waals surface area contributed by atoms with E-state index in [-0.39, 0.29) is 6.42 Å². The van der Waals surface area contributed by atoms with Gasteiger partial charge in [0.15, 0.2) is 0 Å². The largest absolute Gasteiger partial charge is 0.467 e. The normalized spacial score (nSPS) is 12.3. The van der Waals surface area contributed by atoms with Crippen LogP contribution >= 0.6 is 0 Å². The van der Waals surface area contributed by atoms with Crippen molar-refractivity contribution in [3.05, 3.63) is 42.1 Å². The van der Waals surface area contributed by atoms with Crippen LogP contribution in [0.1, 0.15) is 26.3 Å². The minimum atomic E-state index is -0.839. The number of alkyl carbamates (subject to hydrolysis) is 1. The van der Waals surface area contributed by atoms with Crippen LogP contribution < -0.4 is 5.32 Å². The number of benzene rings is 1. The third kappa shape index (κ3) is 5.63. The fourth-order valence-electron chi connectivity index (χ4n) is 2.30. The molecule has 25 heavy (non-hydrogen) atoms. The molecule has 0 aliphatic heterocycles. The van der Waals surface area contributed by atoms with Crippen LogP contribution in [0.3, 0.4) is 0 Å². The number of amides is 1. The van der Waals surface area contributed by atoms with E-state index in [1.54, 1.807) is 27.0 Å². The second-order valence-electron chi connectivity index (χ2n) is 6.59. The molecule has 1 heterocycles. The summed E-state index contributed by atoms with van der Waals surface area (Å²) in [4.78, 5) is 24.0. The van der Waals surface area contributed by atoms with Gasteiger partial charge in [0.05, 0.1) is 12.8 Å². The van der Waals surface area contributed by atoms with Gasteiger partial charge in [0.1, 0.15) is 11.6 Å². The molecule has 0 radical (unpaired) electrons. The molecular weight excluding hydrogens is 322 g/mol. The number of nitrogens with zero attached hydrogens (tertiary/aromatic N) is 1. The highest BCUT2D eigenvalue weighted by Crippen LogP contribution is 2.18. The van der Waals surface area contributed by atoms with E-state index in [1.165, 1.54) is 7.11 Å². The molecule has 1 atom stereocenters. The maximum atomic E-state index is 12.0. The zero-order chi connectivity index (χ0) is 18.4. The average molecular weight is 345 g/mol. The van der Waals surface area contributed by atoms with E-state index >= 15 is 0 Å². The number of esters is 1. The molecule has 0 aliphatic carbocycles. The average Bonchev–Trinajstić information content (AvgIpc) is 3.06. The van der Waals surface area contributed by atoms with Gasteiger partial charge in [0.2, 0.25) is 0 Å². The van der Waals surface area contributed by atoms with Gasteiger partial charge >= 0.3 is 12.1 Å². The van der Waals surface area contributed by atoms with Crippen LogP contribution in [0, 0.1) is 0 Å². The van der Waals surface area contributed by atoms with Crippen molar-refractivity contribution in [3.63, 3.8) is 0 Å². The zero-order valence-corrected chi connectivity index (χ0v) is 14.8. The van der Waals surface area contributed by atoms with Crippen LogP contribution in [-0.2, 0) is 20.7 Å². The lowest BCUT2D eigenvalue weighted by atomic mass is 10.0. The third-order valence-corrected chi connectivity index (χ3v) is 3.34. The first-order chi connectivity index (χ1) is 11.8. The van der Waals surface area contributed by atoms with Crippen molar-refractivity contribution in [1.29, 1.82) is 0 Å². The molecule has 1 aromatic heterocycles. The molecule has 0 saturated heterocycles. The quantitative estimate of drug-likeness (QED) is 0.813. The van der Waals surface area contributed by atoms with Gasteiger partial charge in [-0.15, -0.1) is 0 Å². The monoisotopic (exact) mass is 345 g/mol. The molecule has 1 unspecified atom stereocenters. The first-order valence-corrected chi connectivity index (χ1v) is 7.95. The number of aromatic nitrogens is 2.